The number of ether oxygens (including phenoxy) is 3. The van der Waals surface area contributed by atoms with Crippen LogP contribution in [0.25, 0.3) is 0 Å². The van der Waals surface area contributed by atoms with Crippen LogP contribution >= 0.6 is 0 Å². The Morgan fingerprint density at radius 1 is 1.07 bits per heavy atom. The van der Waals surface area contributed by atoms with Gasteiger partial charge in [-0.2, -0.15) is 8.42 Å². The second-order valence-electron chi connectivity index (χ2n) is 6.59. The van der Waals surface area contributed by atoms with Crippen molar-refractivity contribution in [2.45, 2.75) is 43.0 Å². The lowest BCUT2D eigenvalue weighted by Crippen LogP contribution is -2.56. The average Bonchev–Trinajstić information content (AvgIpc) is 2.69. The van der Waals surface area contributed by atoms with Crippen LogP contribution in [0, 0.1) is 6.92 Å². The third-order valence-corrected chi connectivity index (χ3v) is 5.79. The number of aliphatic hydroxyl groups excluding tert-OH is 1. The van der Waals surface area contributed by atoms with E-state index in [0.29, 0.717) is 0 Å². The van der Waals surface area contributed by atoms with Gasteiger partial charge >= 0.3 is 0 Å². The molecular weight excluding hydrogens is 384 g/mol. The van der Waals surface area contributed by atoms with Gasteiger partial charge in [-0.3, -0.25) is 4.18 Å². The maximum absolute atomic E-state index is 12.7. The number of hydrogen-bond donors (Lipinski definition) is 1. The Bertz CT molecular complexity index is 852. The first kappa shape index (κ1) is 20.9. The predicted octanol–water partition coefficient (Wildman–Crippen LogP) is 2.02. The lowest BCUT2D eigenvalue weighted by molar-refractivity contribution is -0.265. The number of aryl methyl sites for hydroxylation is 1. The molecule has 3 rings (SSSR count). The molecule has 1 aliphatic rings. The monoisotopic (exact) mass is 408 g/mol. The molecule has 0 saturated carbocycles. The predicted molar refractivity (Wildman–Crippen MR) is 101 cm³/mol. The van der Waals surface area contributed by atoms with Crippen LogP contribution in [0.15, 0.2) is 59.5 Å². The van der Waals surface area contributed by atoms with Gasteiger partial charge in [0.15, 0.2) is 12.4 Å². The largest absolute Gasteiger partial charge is 0.388 e. The van der Waals surface area contributed by atoms with E-state index in [9.17, 15) is 13.5 Å². The van der Waals surface area contributed by atoms with Crippen molar-refractivity contribution in [2.75, 3.05) is 13.7 Å². The van der Waals surface area contributed by atoms with Gasteiger partial charge in [0.1, 0.15) is 12.2 Å². The Labute approximate surface area is 164 Å². The SMILES string of the molecule is CO[C@H]1OC[C@@H](O)[C@H](OCc2ccccc2)[C@H]1OS(=O)(=O)c1ccc(C)cc1. The Morgan fingerprint density at radius 3 is 2.39 bits per heavy atom. The number of hydrogen-bond acceptors (Lipinski definition) is 7. The summed E-state index contributed by atoms with van der Waals surface area (Å²) in [7, 11) is -2.73. The summed E-state index contributed by atoms with van der Waals surface area (Å²) in [5.41, 5.74) is 1.81. The maximum Gasteiger partial charge on any atom is 0.297 e. The second-order valence-corrected chi connectivity index (χ2v) is 8.17. The molecule has 1 heterocycles. The molecule has 4 atom stereocenters. The molecule has 0 radical (unpaired) electrons. The van der Waals surface area contributed by atoms with Crippen LogP contribution in [0.5, 0.6) is 0 Å². The zero-order valence-corrected chi connectivity index (χ0v) is 16.5. The molecule has 2 aromatic carbocycles. The van der Waals surface area contributed by atoms with Crippen LogP contribution in [-0.2, 0) is 35.1 Å². The molecular formula is C20H24O7S. The van der Waals surface area contributed by atoms with Crippen molar-refractivity contribution in [1.29, 1.82) is 0 Å². The number of rotatable bonds is 7. The highest BCUT2D eigenvalue weighted by atomic mass is 32.2. The van der Waals surface area contributed by atoms with Gasteiger partial charge in [0.05, 0.1) is 18.1 Å². The van der Waals surface area contributed by atoms with Crippen molar-refractivity contribution in [3.63, 3.8) is 0 Å². The number of methoxy groups -OCH3 is 1. The zero-order valence-electron chi connectivity index (χ0n) is 15.7. The minimum atomic E-state index is -4.11. The normalized spacial score (nSPS) is 25.5. The fourth-order valence-corrected chi connectivity index (χ4v) is 4.01. The van der Waals surface area contributed by atoms with Crippen molar-refractivity contribution in [2.24, 2.45) is 0 Å². The molecule has 0 bridgehead atoms. The van der Waals surface area contributed by atoms with Gasteiger partial charge in [-0.25, -0.2) is 0 Å². The van der Waals surface area contributed by atoms with Gasteiger partial charge in [-0.05, 0) is 24.6 Å². The van der Waals surface area contributed by atoms with E-state index in [0.717, 1.165) is 11.1 Å². The minimum absolute atomic E-state index is 0.00910. The summed E-state index contributed by atoms with van der Waals surface area (Å²) in [5, 5.41) is 10.4. The van der Waals surface area contributed by atoms with Gasteiger partial charge in [0.2, 0.25) is 0 Å². The summed E-state index contributed by atoms with van der Waals surface area (Å²) >= 11 is 0. The molecule has 0 amide bonds. The standard InChI is InChI=1S/C20H24O7S/c1-14-8-10-16(11-9-14)28(22,23)27-19-18(17(21)13-26-20(19)24-2)25-12-15-6-4-3-5-7-15/h3-11,17-21H,12-13H2,1-2H3/t17-,18+,19-,20+/m1/s1. The number of benzene rings is 2. The summed E-state index contributed by atoms with van der Waals surface area (Å²) in [4.78, 5) is 0.00910. The average molecular weight is 408 g/mol. The highest BCUT2D eigenvalue weighted by Gasteiger charge is 2.44. The van der Waals surface area contributed by atoms with Crippen LogP contribution in [0.3, 0.4) is 0 Å². The van der Waals surface area contributed by atoms with Crippen LogP contribution in [-0.4, -0.2) is 51.8 Å². The minimum Gasteiger partial charge on any atom is -0.388 e. The van der Waals surface area contributed by atoms with Crippen molar-refractivity contribution in [1.82, 2.24) is 0 Å². The molecule has 8 heteroatoms. The van der Waals surface area contributed by atoms with Gasteiger partial charge in [-0.15, -0.1) is 0 Å². The summed E-state index contributed by atoms with van der Waals surface area (Å²) in [6.45, 7) is 1.99. The quantitative estimate of drug-likeness (QED) is 0.701. The van der Waals surface area contributed by atoms with E-state index in [2.05, 4.69) is 0 Å². The first-order valence-corrected chi connectivity index (χ1v) is 10.3. The van der Waals surface area contributed by atoms with Gasteiger partial charge in [0, 0.05) is 7.11 Å². The lowest BCUT2D eigenvalue weighted by atomic mass is 10.1. The molecule has 0 unspecified atom stereocenters. The molecule has 1 aliphatic heterocycles. The van der Waals surface area contributed by atoms with Crippen molar-refractivity contribution >= 4 is 10.1 Å². The summed E-state index contributed by atoms with van der Waals surface area (Å²) in [6, 6.07) is 15.7. The summed E-state index contributed by atoms with van der Waals surface area (Å²) in [6.07, 6.45) is -4.17. The third kappa shape index (κ3) is 4.96. The van der Waals surface area contributed by atoms with E-state index >= 15 is 0 Å². The molecule has 1 fully saturated rings. The van der Waals surface area contributed by atoms with E-state index in [-0.39, 0.29) is 18.1 Å². The second kappa shape index (κ2) is 9.13. The highest BCUT2D eigenvalue weighted by Crippen LogP contribution is 2.27. The van der Waals surface area contributed by atoms with Gasteiger partial charge < -0.3 is 19.3 Å². The third-order valence-electron chi connectivity index (χ3n) is 4.47. The van der Waals surface area contributed by atoms with E-state index in [1.807, 2.05) is 37.3 Å². The lowest BCUT2D eigenvalue weighted by Gasteiger charge is -2.38. The Balaban J connectivity index is 1.81. The molecule has 0 aliphatic carbocycles. The molecule has 2 aromatic rings. The topological polar surface area (TPSA) is 91.3 Å². The summed E-state index contributed by atoms with van der Waals surface area (Å²) < 4.78 is 47.3. The molecule has 0 aromatic heterocycles. The zero-order chi connectivity index (χ0) is 20.1. The van der Waals surface area contributed by atoms with Gasteiger partial charge in [-0.1, -0.05) is 48.0 Å². The van der Waals surface area contributed by atoms with E-state index in [1.165, 1.54) is 19.2 Å². The highest BCUT2D eigenvalue weighted by molar-refractivity contribution is 7.86. The van der Waals surface area contributed by atoms with Gasteiger partial charge in [0.25, 0.3) is 10.1 Å². The van der Waals surface area contributed by atoms with E-state index < -0.39 is 34.7 Å². The van der Waals surface area contributed by atoms with Crippen LogP contribution in [0.2, 0.25) is 0 Å². The number of aliphatic hydroxyl groups is 1. The Kier molecular flexibility index (Phi) is 6.82. The first-order valence-electron chi connectivity index (χ1n) is 8.88. The smallest absolute Gasteiger partial charge is 0.297 e. The van der Waals surface area contributed by atoms with E-state index in [1.54, 1.807) is 12.1 Å². The molecule has 28 heavy (non-hydrogen) atoms. The molecule has 7 nitrogen and oxygen atoms in total. The van der Waals surface area contributed by atoms with Crippen LogP contribution in [0.4, 0.5) is 0 Å². The van der Waals surface area contributed by atoms with Crippen LogP contribution < -0.4 is 0 Å². The molecule has 152 valence electrons. The summed E-state index contributed by atoms with van der Waals surface area (Å²) in [5.74, 6) is 0. The Hall–Kier alpha value is -1.81. The fourth-order valence-electron chi connectivity index (χ4n) is 2.94. The fraction of sp³-hybridized carbons (Fsp3) is 0.400. The first-order chi connectivity index (χ1) is 13.4. The van der Waals surface area contributed by atoms with Crippen molar-refractivity contribution in [3.05, 3.63) is 65.7 Å². The Morgan fingerprint density at radius 2 is 1.75 bits per heavy atom. The van der Waals surface area contributed by atoms with Crippen molar-refractivity contribution < 1.29 is 31.9 Å². The molecule has 1 N–H and O–H groups in total. The van der Waals surface area contributed by atoms with E-state index in [4.69, 9.17) is 18.4 Å². The van der Waals surface area contributed by atoms with Crippen LogP contribution in [0.1, 0.15) is 11.1 Å². The van der Waals surface area contributed by atoms with Crippen molar-refractivity contribution in [3.8, 4) is 0 Å². The maximum atomic E-state index is 12.7. The molecule has 0 spiro atoms. The molecule has 1 saturated heterocycles.